The standard InChI is InChI=1S/C26H39FN4O5.C13H9FN2O/c1-25(2,3)35-16-26(4,5)29-24(33)17-6-7-19-20(12-17)31(13-18-9-11-34-18)23(28-19)15-30-10-8-21(32)22(14-30)36-27;14-12-7-10(8-15)4-5-11(12)9-17-13-3-1-2-6-16-13/h6-7,12,18,21-22,32H,8-11,13-16H2,1-5H3,(H,29,33);1-7H,9H2. The van der Waals surface area contributed by atoms with Crippen molar-refractivity contribution >= 4 is 16.9 Å². The van der Waals surface area contributed by atoms with E-state index < -0.39 is 23.6 Å². The summed E-state index contributed by atoms with van der Waals surface area (Å²) in [4.78, 5) is 28.0. The number of nitrogens with one attached hydrogen (secondary N) is 1. The number of imidazole rings is 1. The number of rotatable bonds is 12. The molecule has 2 saturated heterocycles. The fourth-order valence-electron chi connectivity index (χ4n) is 5.80. The molecule has 4 aromatic rings. The van der Waals surface area contributed by atoms with Gasteiger partial charge in [0, 0.05) is 43.1 Å². The van der Waals surface area contributed by atoms with Gasteiger partial charge >= 0.3 is 0 Å². The van der Waals surface area contributed by atoms with E-state index in [1.807, 2.05) is 57.7 Å². The number of hydrogen-bond donors (Lipinski definition) is 2. The first-order chi connectivity index (χ1) is 25.2. The number of aliphatic hydroxyl groups is 1. The van der Waals surface area contributed by atoms with Crippen molar-refractivity contribution in [1.82, 2.24) is 24.8 Å². The number of benzene rings is 2. The van der Waals surface area contributed by atoms with Gasteiger partial charge in [0.05, 0.1) is 65.7 Å². The largest absolute Gasteiger partial charge is 0.473 e. The molecular formula is C39H48F2N6O6. The van der Waals surface area contributed by atoms with E-state index in [4.69, 9.17) is 24.5 Å². The lowest BCUT2D eigenvalue weighted by atomic mass is 10.0. The van der Waals surface area contributed by atoms with Crippen LogP contribution >= 0.6 is 0 Å². The molecule has 2 fully saturated rings. The lowest BCUT2D eigenvalue weighted by molar-refractivity contribution is -0.223. The zero-order valence-electron chi connectivity index (χ0n) is 30.8. The van der Waals surface area contributed by atoms with Crippen LogP contribution in [0.15, 0.2) is 60.8 Å². The van der Waals surface area contributed by atoms with Crippen LogP contribution in [0.25, 0.3) is 11.0 Å². The smallest absolute Gasteiger partial charge is 0.251 e. The SMILES string of the molecule is CC(C)(COC(C)(C)C)NC(=O)c1ccc2nc(CN3CCC(O)C(OF)C3)n(CC3CCO3)c2c1.N#Cc1ccc(COc2ccccn2)c(F)c1. The minimum Gasteiger partial charge on any atom is -0.473 e. The van der Waals surface area contributed by atoms with E-state index in [-0.39, 0.29) is 30.8 Å². The molecular weight excluding hydrogens is 686 g/mol. The third-order valence-electron chi connectivity index (χ3n) is 8.87. The summed E-state index contributed by atoms with van der Waals surface area (Å²) in [5, 5.41) is 21.6. The predicted molar refractivity (Wildman–Crippen MR) is 193 cm³/mol. The topological polar surface area (TPSA) is 144 Å². The van der Waals surface area contributed by atoms with Gasteiger partial charge < -0.3 is 29.2 Å². The molecule has 3 atom stereocenters. The Labute approximate surface area is 308 Å². The van der Waals surface area contributed by atoms with Crippen molar-refractivity contribution in [3.63, 3.8) is 0 Å². The third-order valence-corrected chi connectivity index (χ3v) is 8.87. The van der Waals surface area contributed by atoms with Gasteiger partial charge in [-0.15, -0.1) is 0 Å². The Kier molecular flexibility index (Phi) is 13.1. The summed E-state index contributed by atoms with van der Waals surface area (Å²) < 4.78 is 45.4. The first-order valence-corrected chi connectivity index (χ1v) is 17.7. The predicted octanol–water partition coefficient (Wildman–Crippen LogP) is 5.66. The van der Waals surface area contributed by atoms with Crippen LogP contribution in [0, 0.1) is 17.1 Å². The number of likely N-dealkylation sites (tertiary alicyclic amines) is 1. The monoisotopic (exact) mass is 734 g/mol. The Morgan fingerprint density at radius 3 is 2.57 bits per heavy atom. The second-order valence-electron chi connectivity index (χ2n) is 15.0. The molecule has 3 unspecified atom stereocenters. The first kappa shape index (κ1) is 39.7. The number of hydrogen-bond acceptors (Lipinski definition) is 10. The zero-order valence-corrected chi connectivity index (χ0v) is 30.8. The number of halogens is 2. The van der Waals surface area contributed by atoms with Gasteiger partial charge in [-0.05, 0) is 88.4 Å². The van der Waals surface area contributed by atoms with Crippen molar-refractivity contribution in [3.8, 4) is 11.9 Å². The maximum absolute atomic E-state index is 13.5. The number of carbonyl (C=O) groups is 1. The Morgan fingerprint density at radius 2 is 1.92 bits per heavy atom. The second kappa shape index (κ2) is 17.5. The number of pyridine rings is 1. The lowest BCUT2D eigenvalue weighted by Crippen LogP contribution is -2.48. The van der Waals surface area contributed by atoms with Crippen LogP contribution in [0.5, 0.6) is 5.88 Å². The first-order valence-electron chi connectivity index (χ1n) is 17.7. The highest BCUT2D eigenvalue weighted by Gasteiger charge is 2.31. The average molecular weight is 735 g/mol. The molecule has 1 amide bonds. The van der Waals surface area contributed by atoms with Crippen LogP contribution in [0.4, 0.5) is 8.92 Å². The third kappa shape index (κ3) is 11.2. The van der Waals surface area contributed by atoms with E-state index in [0.29, 0.717) is 55.2 Å². The molecule has 2 aromatic carbocycles. The number of carbonyl (C=O) groups excluding carboxylic acids is 1. The molecule has 53 heavy (non-hydrogen) atoms. The Bertz CT molecular complexity index is 1870. The lowest BCUT2D eigenvalue weighted by Gasteiger charge is -2.34. The molecule has 0 bridgehead atoms. The summed E-state index contributed by atoms with van der Waals surface area (Å²) in [6, 6.07) is 16.9. The quantitative estimate of drug-likeness (QED) is 0.187. The highest BCUT2D eigenvalue weighted by atomic mass is 19.3. The van der Waals surface area contributed by atoms with E-state index in [1.54, 1.807) is 36.5 Å². The number of ether oxygens (including phenoxy) is 3. The molecule has 2 aromatic heterocycles. The van der Waals surface area contributed by atoms with Gasteiger partial charge in [-0.1, -0.05) is 12.1 Å². The van der Waals surface area contributed by atoms with Crippen LogP contribution in [-0.2, 0) is 34.1 Å². The van der Waals surface area contributed by atoms with Crippen LogP contribution < -0.4 is 10.1 Å². The molecule has 0 spiro atoms. The van der Waals surface area contributed by atoms with E-state index >= 15 is 0 Å². The van der Waals surface area contributed by atoms with Gasteiger partial charge in [-0.25, -0.2) is 14.4 Å². The second-order valence-corrected chi connectivity index (χ2v) is 15.0. The molecule has 2 N–H and O–H groups in total. The highest BCUT2D eigenvalue weighted by molar-refractivity contribution is 5.97. The number of fused-ring (bicyclic) bond motifs is 1. The summed E-state index contributed by atoms with van der Waals surface area (Å²) in [6.45, 7) is 13.1. The summed E-state index contributed by atoms with van der Waals surface area (Å²) in [6.07, 6.45) is 1.41. The van der Waals surface area contributed by atoms with E-state index in [1.165, 1.54) is 12.1 Å². The normalized spacial score (nSPS) is 19.1. The van der Waals surface area contributed by atoms with Crippen LogP contribution in [0.2, 0.25) is 0 Å². The summed E-state index contributed by atoms with van der Waals surface area (Å²) in [5.74, 6) is 0.628. The molecule has 4 heterocycles. The summed E-state index contributed by atoms with van der Waals surface area (Å²) in [5.41, 5.74) is 2.03. The van der Waals surface area contributed by atoms with Crippen LogP contribution in [0.3, 0.4) is 0 Å². The molecule has 6 rings (SSSR count). The molecule has 0 radical (unpaired) electrons. The number of amides is 1. The number of nitriles is 1. The number of piperidine rings is 1. The van der Waals surface area contributed by atoms with Gasteiger partial charge in [0.15, 0.2) is 0 Å². The van der Waals surface area contributed by atoms with E-state index in [2.05, 4.69) is 19.8 Å². The molecule has 14 heteroatoms. The summed E-state index contributed by atoms with van der Waals surface area (Å²) >= 11 is 0. The van der Waals surface area contributed by atoms with Gasteiger partial charge in [-0.2, -0.15) is 10.2 Å². The van der Waals surface area contributed by atoms with Crippen molar-refractivity contribution in [2.24, 2.45) is 0 Å². The van der Waals surface area contributed by atoms with Crippen molar-refractivity contribution in [2.45, 2.75) is 96.6 Å². The zero-order chi connectivity index (χ0) is 38.2. The molecule has 2 aliphatic rings. The molecule has 284 valence electrons. The molecule has 12 nitrogen and oxygen atoms in total. The van der Waals surface area contributed by atoms with Crippen molar-refractivity contribution in [3.05, 3.63) is 89.1 Å². The Balaban J connectivity index is 0.000000265. The molecule has 0 saturated carbocycles. The molecule has 2 aliphatic heterocycles. The number of aromatic nitrogens is 3. The van der Waals surface area contributed by atoms with Crippen molar-refractivity contribution in [1.29, 1.82) is 5.26 Å². The summed E-state index contributed by atoms with van der Waals surface area (Å²) in [7, 11) is 0. The van der Waals surface area contributed by atoms with Gasteiger partial charge in [0.1, 0.15) is 24.4 Å². The van der Waals surface area contributed by atoms with Crippen molar-refractivity contribution < 1.29 is 38.0 Å². The van der Waals surface area contributed by atoms with E-state index in [0.717, 1.165) is 29.9 Å². The van der Waals surface area contributed by atoms with Gasteiger partial charge in [-0.3, -0.25) is 9.69 Å². The van der Waals surface area contributed by atoms with Gasteiger partial charge in [0.2, 0.25) is 5.88 Å². The Morgan fingerprint density at radius 1 is 1.13 bits per heavy atom. The average Bonchev–Trinajstić information content (AvgIpc) is 3.45. The van der Waals surface area contributed by atoms with Crippen LogP contribution in [-0.4, -0.2) is 86.2 Å². The number of nitrogens with zero attached hydrogens (tertiary/aromatic N) is 5. The fraction of sp³-hybridized carbons (Fsp3) is 0.487. The maximum Gasteiger partial charge on any atom is 0.251 e. The van der Waals surface area contributed by atoms with Crippen LogP contribution in [0.1, 0.15) is 74.8 Å². The Hall–Kier alpha value is -4.52. The molecule has 0 aliphatic carbocycles. The van der Waals surface area contributed by atoms with E-state index in [9.17, 15) is 18.8 Å². The van der Waals surface area contributed by atoms with Gasteiger partial charge in [0.25, 0.3) is 5.91 Å². The highest BCUT2D eigenvalue weighted by Crippen LogP contribution is 2.25. The fourth-order valence-corrected chi connectivity index (χ4v) is 5.80. The van der Waals surface area contributed by atoms with Crippen molar-refractivity contribution in [2.75, 3.05) is 26.3 Å². The number of aliphatic hydroxyl groups excluding tert-OH is 1. The minimum atomic E-state index is -0.868. The minimum absolute atomic E-state index is 0.0918. The maximum atomic E-state index is 13.5.